The van der Waals surface area contributed by atoms with E-state index < -0.39 is 4.92 Å². The minimum Gasteiger partial charge on any atom is -0.299 e. The molecule has 0 aliphatic carbocycles. The number of carbonyl (C=O) groups is 1. The number of rotatable bonds is 4. The maximum Gasteiger partial charge on any atom is 0.273 e. The maximum absolute atomic E-state index is 11.5. The van der Waals surface area contributed by atoms with Crippen LogP contribution in [-0.4, -0.2) is 10.7 Å². The van der Waals surface area contributed by atoms with E-state index in [1.165, 1.54) is 13.0 Å². The summed E-state index contributed by atoms with van der Waals surface area (Å²) in [6.07, 6.45) is 0.584. The first-order valence-electron chi connectivity index (χ1n) is 5.23. The Hall–Kier alpha value is -1.71. The Kier molecular flexibility index (Phi) is 3.77. The molecule has 0 aromatic heterocycles. The van der Waals surface area contributed by atoms with Crippen molar-refractivity contribution in [3.8, 4) is 0 Å². The van der Waals surface area contributed by atoms with E-state index in [1.54, 1.807) is 19.1 Å². The number of benzene rings is 1. The molecule has 1 atom stereocenters. The van der Waals surface area contributed by atoms with Crippen LogP contribution in [0.25, 0.3) is 0 Å². The summed E-state index contributed by atoms with van der Waals surface area (Å²) in [6.45, 7) is 5.14. The van der Waals surface area contributed by atoms with Crippen LogP contribution < -0.4 is 0 Å². The molecule has 0 aliphatic rings. The van der Waals surface area contributed by atoms with Gasteiger partial charge in [-0.05, 0) is 25.8 Å². The van der Waals surface area contributed by atoms with Crippen molar-refractivity contribution >= 4 is 11.5 Å². The molecule has 0 saturated heterocycles. The van der Waals surface area contributed by atoms with Crippen LogP contribution in [0.2, 0.25) is 0 Å². The van der Waals surface area contributed by atoms with Crippen LogP contribution >= 0.6 is 0 Å². The number of Topliss-reactive ketones (excluding diaryl/α,β-unsaturated/α-hetero) is 1. The van der Waals surface area contributed by atoms with Crippen LogP contribution in [0.1, 0.15) is 37.3 Å². The van der Waals surface area contributed by atoms with Gasteiger partial charge in [0.15, 0.2) is 0 Å². The van der Waals surface area contributed by atoms with Crippen molar-refractivity contribution in [3.05, 3.63) is 39.4 Å². The van der Waals surface area contributed by atoms with Crippen molar-refractivity contribution in [2.45, 2.75) is 33.1 Å². The Morgan fingerprint density at radius 3 is 2.56 bits per heavy atom. The number of hydrogen-bond acceptors (Lipinski definition) is 3. The van der Waals surface area contributed by atoms with Gasteiger partial charge in [0, 0.05) is 17.5 Å². The summed E-state index contributed by atoms with van der Waals surface area (Å²) >= 11 is 0. The summed E-state index contributed by atoms with van der Waals surface area (Å²) in [6, 6.07) is 4.89. The molecule has 0 heterocycles. The zero-order valence-electron chi connectivity index (χ0n) is 9.69. The molecule has 0 radical (unpaired) electrons. The first-order valence-corrected chi connectivity index (χ1v) is 5.23. The highest BCUT2D eigenvalue weighted by molar-refractivity contribution is 5.85. The van der Waals surface area contributed by atoms with Gasteiger partial charge in [-0.3, -0.25) is 14.9 Å². The van der Waals surface area contributed by atoms with Crippen molar-refractivity contribution in [3.63, 3.8) is 0 Å². The predicted molar refractivity (Wildman–Crippen MR) is 61.5 cm³/mol. The lowest BCUT2D eigenvalue weighted by Crippen LogP contribution is -2.11. The Labute approximate surface area is 94.4 Å². The lowest BCUT2D eigenvalue weighted by atomic mass is 9.88. The van der Waals surface area contributed by atoms with Crippen LogP contribution in [-0.2, 0) is 4.79 Å². The fourth-order valence-electron chi connectivity index (χ4n) is 1.97. The smallest absolute Gasteiger partial charge is 0.273 e. The molecule has 0 N–H and O–H groups in total. The van der Waals surface area contributed by atoms with Gasteiger partial charge in [-0.2, -0.15) is 0 Å². The van der Waals surface area contributed by atoms with E-state index in [0.717, 1.165) is 5.56 Å². The van der Waals surface area contributed by atoms with Gasteiger partial charge in [0.05, 0.1) is 4.92 Å². The molecule has 1 aromatic carbocycles. The van der Waals surface area contributed by atoms with E-state index in [9.17, 15) is 14.9 Å². The highest BCUT2D eigenvalue weighted by Crippen LogP contribution is 2.32. The van der Waals surface area contributed by atoms with E-state index in [0.29, 0.717) is 12.0 Å². The number of nitro benzene ring substituents is 1. The molecular formula is C12H15NO3. The lowest BCUT2D eigenvalue weighted by Gasteiger charge is -2.14. The predicted octanol–water partition coefficient (Wildman–Crippen LogP) is 2.99. The molecule has 4 heteroatoms. The highest BCUT2D eigenvalue weighted by Gasteiger charge is 2.25. The Morgan fingerprint density at radius 2 is 2.12 bits per heavy atom. The zero-order chi connectivity index (χ0) is 12.3. The normalized spacial score (nSPS) is 12.2. The second-order valence-electron chi connectivity index (χ2n) is 3.84. The van der Waals surface area contributed by atoms with Gasteiger partial charge in [0.1, 0.15) is 5.78 Å². The SMILES string of the molecule is CCC(C(C)=O)c1c(C)cccc1[N+](=O)[O-]. The second-order valence-corrected chi connectivity index (χ2v) is 3.84. The van der Waals surface area contributed by atoms with Gasteiger partial charge in [-0.15, -0.1) is 0 Å². The van der Waals surface area contributed by atoms with Crippen LogP contribution in [0.5, 0.6) is 0 Å². The molecule has 0 fully saturated rings. The third-order valence-corrected chi connectivity index (χ3v) is 2.75. The van der Waals surface area contributed by atoms with Gasteiger partial charge in [-0.25, -0.2) is 0 Å². The Morgan fingerprint density at radius 1 is 1.50 bits per heavy atom. The number of aryl methyl sites for hydroxylation is 1. The highest BCUT2D eigenvalue weighted by atomic mass is 16.6. The lowest BCUT2D eigenvalue weighted by molar-refractivity contribution is -0.385. The standard InChI is InChI=1S/C12H15NO3/c1-4-10(9(3)14)12-8(2)6-5-7-11(12)13(15)16/h5-7,10H,4H2,1-3H3. The monoisotopic (exact) mass is 221 g/mol. The first kappa shape index (κ1) is 12.4. The summed E-state index contributed by atoms with van der Waals surface area (Å²) in [5, 5.41) is 10.9. The molecule has 0 amide bonds. The van der Waals surface area contributed by atoms with E-state index in [1.807, 2.05) is 6.92 Å². The summed E-state index contributed by atoms with van der Waals surface area (Å²) in [4.78, 5) is 22.0. The Balaban J connectivity index is 3.39. The summed E-state index contributed by atoms with van der Waals surface area (Å²) in [5.41, 5.74) is 1.40. The molecule has 4 nitrogen and oxygen atoms in total. The van der Waals surface area contributed by atoms with Crippen molar-refractivity contribution in [2.75, 3.05) is 0 Å². The molecular weight excluding hydrogens is 206 g/mol. The van der Waals surface area contributed by atoms with Crippen LogP contribution in [0.3, 0.4) is 0 Å². The van der Waals surface area contributed by atoms with Gasteiger partial charge < -0.3 is 0 Å². The summed E-state index contributed by atoms with van der Waals surface area (Å²) in [7, 11) is 0. The van der Waals surface area contributed by atoms with Crippen molar-refractivity contribution in [2.24, 2.45) is 0 Å². The largest absolute Gasteiger partial charge is 0.299 e. The third kappa shape index (κ3) is 2.27. The molecule has 1 aromatic rings. The zero-order valence-corrected chi connectivity index (χ0v) is 9.69. The molecule has 16 heavy (non-hydrogen) atoms. The molecule has 0 aliphatic heterocycles. The van der Waals surface area contributed by atoms with Crippen molar-refractivity contribution in [1.82, 2.24) is 0 Å². The molecule has 0 spiro atoms. The molecule has 1 unspecified atom stereocenters. The average Bonchev–Trinajstić information content (AvgIpc) is 2.20. The minimum absolute atomic E-state index is 0.0279. The van der Waals surface area contributed by atoms with Gasteiger partial charge in [0.25, 0.3) is 5.69 Å². The number of hydrogen-bond donors (Lipinski definition) is 0. The van der Waals surface area contributed by atoms with Crippen LogP contribution in [0.4, 0.5) is 5.69 Å². The maximum atomic E-state index is 11.5. The van der Waals surface area contributed by atoms with E-state index in [-0.39, 0.29) is 17.4 Å². The topological polar surface area (TPSA) is 60.2 Å². The quantitative estimate of drug-likeness (QED) is 0.580. The summed E-state index contributed by atoms with van der Waals surface area (Å²) < 4.78 is 0. The van der Waals surface area contributed by atoms with Crippen molar-refractivity contribution < 1.29 is 9.72 Å². The fraction of sp³-hybridized carbons (Fsp3) is 0.417. The van der Waals surface area contributed by atoms with E-state index >= 15 is 0 Å². The van der Waals surface area contributed by atoms with Crippen LogP contribution in [0.15, 0.2) is 18.2 Å². The number of ketones is 1. The second kappa shape index (κ2) is 4.88. The molecule has 86 valence electrons. The van der Waals surface area contributed by atoms with Gasteiger partial charge >= 0.3 is 0 Å². The van der Waals surface area contributed by atoms with E-state index in [2.05, 4.69) is 0 Å². The molecule has 0 bridgehead atoms. The van der Waals surface area contributed by atoms with Gasteiger partial charge in [-0.1, -0.05) is 19.1 Å². The van der Waals surface area contributed by atoms with Crippen molar-refractivity contribution in [1.29, 1.82) is 0 Å². The number of carbonyl (C=O) groups excluding carboxylic acids is 1. The average molecular weight is 221 g/mol. The first-order chi connectivity index (χ1) is 7.49. The third-order valence-electron chi connectivity index (χ3n) is 2.75. The van der Waals surface area contributed by atoms with Crippen LogP contribution in [0, 0.1) is 17.0 Å². The Bertz CT molecular complexity index is 426. The molecule has 1 rings (SSSR count). The summed E-state index contributed by atoms with van der Waals surface area (Å²) in [5.74, 6) is -0.401. The number of nitrogens with zero attached hydrogens (tertiary/aromatic N) is 1. The van der Waals surface area contributed by atoms with Gasteiger partial charge in [0.2, 0.25) is 0 Å². The van der Waals surface area contributed by atoms with E-state index in [4.69, 9.17) is 0 Å². The number of nitro groups is 1. The fourth-order valence-corrected chi connectivity index (χ4v) is 1.97. The minimum atomic E-state index is -0.423. The molecule has 0 saturated carbocycles.